The summed E-state index contributed by atoms with van der Waals surface area (Å²) in [6, 6.07) is 7.45. The van der Waals surface area contributed by atoms with Gasteiger partial charge in [0.2, 0.25) is 5.91 Å². The maximum atomic E-state index is 12.1. The van der Waals surface area contributed by atoms with Gasteiger partial charge in [-0.2, -0.15) is 0 Å². The number of carbonyl (C=O) groups excluding carboxylic acids is 1. The maximum Gasteiger partial charge on any atom is 0.246 e. The number of halogens is 1. The molecule has 2 rings (SSSR count). The lowest BCUT2D eigenvalue weighted by molar-refractivity contribution is -0.127. The van der Waals surface area contributed by atoms with Crippen LogP contribution in [0.3, 0.4) is 0 Å². The highest BCUT2D eigenvalue weighted by Gasteiger charge is 2.20. The molecule has 3 nitrogen and oxygen atoms in total. The SMILES string of the molecule is NCCC1CCN(C(=O)C=Cc2ccc(Cl)cc2)CC1. The zero-order chi connectivity index (χ0) is 14.4. The van der Waals surface area contributed by atoms with Crippen molar-refractivity contribution in [3.63, 3.8) is 0 Å². The molecule has 0 radical (unpaired) electrons. The van der Waals surface area contributed by atoms with E-state index in [-0.39, 0.29) is 5.91 Å². The van der Waals surface area contributed by atoms with Gasteiger partial charge in [0.05, 0.1) is 0 Å². The molecule has 1 aromatic carbocycles. The van der Waals surface area contributed by atoms with Gasteiger partial charge in [-0.15, -0.1) is 0 Å². The number of nitrogens with zero attached hydrogens (tertiary/aromatic N) is 1. The number of carbonyl (C=O) groups is 1. The van der Waals surface area contributed by atoms with Gasteiger partial charge in [0.15, 0.2) is 0 Å². The minimum absolute atomic E-state index is 0.0890. The number of nitrogens with two attached hydrogens (primary N) is 1. The zero-order valence-electron chi connectivity index (χ0n) is 11.6. The number of hydrogen-bond acceptors (Lipinski definition) is 2. The molecule has 0 saturated carbocycles. The fraction of sp³-hybridized carbons (Fsp3) is 0.438. The van der Waals surface area contributed by atoms with Crippen molar-refractivity contribution in [1.29, 1.82) is 0 Å². The fourth-order valence-corrected chi connectivity index (χ4v) is 2.65. The molecule has 1 heterocycles. The summed E-state index contributed by atoms with van der Waals surface area (Å²) in [6.45, 7) is 2.43. The van der Waals surface area contributed by atoms with Gasteiger partial charge in [-0.05, 0) is 55.5 Å². The van der Waals surface area contributed by atoms with Crippen LogP contribution >= 0.6 is 11.6 Å². The first-order chi connectivity index (χ1) is 9.69. The summed E-state index contributed by atoms with van der Waals surface area (Å²) < 4.78 is 0. The van der Waals surface area contributed by atoms with Crippen LogP contribution in [0.4, 0.5) is 0 Å². The minimum Gasteiger partial charge on any atom is -0.339 e. The molecule has 0 atom stereocenters. The van der Waals surface area contributed by atoms with Gasteiger partial charge in [0.1, 0.15) is 0 Å². The average molecular weight is 293 g/mol. The lowest BCUT2D eigenvalue weighted by Crippen LogP contribution is -2.37. The Morgan fingerprint density at radius 3 is 2.55 bits per heavy atom. The van der Waals surface area contributed by atoms with Crippen LogP contribution in [0.1, 0.15) is 24.8 Å². The number of piperidine rings is 1. The number of hydrogen-bond donors (Lipinski definition) is 1. The molecule has 1 aliphatic rings. The summed E-state index contributed by atoms with van der Waals surface area (Å²) in [5.41, 5.74) is 6.56. The van der Waals surface area contributed by atoms with Crippen molar-refractivity contribution in [2.45, 2.75) is 19.3 Å². The summed E-state index contributed by atoms with van der Waals surface area (Å²) in [5.74, 6) is 0.774. The van der Waals surface area contributed by atoms with E-state index < -0.39 is 0 Å². The molecule has 1 aliphatic heterocycles. The minimum atomic E-state index is 0.0890. The van der Waals surface area contributed by atoms with Crippen LogP contribution in [-0.2, 0) is 4.79 Å². The monoisotopic (exact) mass is 292 g/mol. The fourth-order valence-electron chi connectivity index (χ4n) is 2.52. The molecular weight excluding hydrogens is 272 g/mol. The summed E-state index contributed by atoms with van der Waals surface area (Å²) in [7, 11) is 0. The highest BCUT2D eigenvalue weighted by atomic mass is 35.5. The summed E-state index contributed by atoms with van der Waals surface area (Å²) in [5, 5.41) is 0.704. The van der Waals surface area contributed by atoms with E-state index in [1.807, 2.05) is 35.2 Å². The number of benzene rings is 1. The lowest BCUT2D eigenvalue weighted by Gasteiger charge is -2.31. The first-order valence-corrected chi connectivity index (χ1v) is 7.49. The predicted octanol–water partition coefficient (Wildman–Crippen LogP) is 2.94. The molecule has 1 saturated heterocycles. The highest BCUT2D eigenvalue weighted by molar-refractivity contribution is 6.30. The van der Waals surface area contributed by atoms with Crippen molar-refractivity contribution in [3.8, 4) is 0 Å². The normalized spacial score (nSPS) is 16.8. The standard InChI is InChI=1S/C16H21ClN2O/c17-15-4-1-13(2-5-15)3-6-16(20)19-11-8-14(7-10-18)9-12-19/h1-6,14H,7-12,18H2. The Morgan fingerprint density at radius 2 is 1.95 bits per heavy atom. The first-order valence-electron chi connectivity index (χ1n) is 7.11. The highest BCUT2D eigenvalue weighted by Crippen LogP contribution is 2.20. The maximum absolute atomic E-state index is 12.1. The molecule has 0 aliphatic carbocycles. The molecule has 1 amide bonds. The summed E-state index contributed by atoms with van der Waals surface area (Å²) >= 11 is 5.83. The van der Waals surface area contributed by atoms with Gasteiger partial charge in [-0.1, -0.05) is 23.7 Å². The van der Waals surface area contributed by atoms with Crippen molar-refractivity contribution in [3.05, 3.63) is 40.9 Å². The zero-order valence-corrected chi connectivity index (χ0v) is 12.4. The summed E-state index contributed by atoms with van der Waals surface area (Å²) in [6.07, 6.45) is 6.69. The average Bonchev–Trinajstić information content (AvgIpc) is 2.47. The van der Waals surface area contributed by atoms with Crippen molar-refractivity contribution in [1.82, 2.24) is 4.90 Å². The van der Waals surface area contributed by atoms with Crippen molar-refractivity contribution >= 4 is 23.6 Å². The Labute approximate surface area is 125 Å². The van der Waals surface area contributed by atoms with Crippen LogP contribution in [0.2, 0.25) is 5.02 Å². The van der Waals surface area contributed by atoms with Crippen LogP contribution in [0.15, 0.2) is 30.3 Å². The third-order valence-corrected chi connectivity index (χ3v) is 4.04. The Hall–Kier alpha value is -1.32. The van der Waals surface area contributed by atoms with E-state index in [0.717, 1.165) is 44.5 Å². The van der Waals surface area contributed by atoms with Gasteiger partial charge in [0.25, 0.3) is 0 Å². The van der Waals surface area contributed by atoms with E-state index in [9.17, 15) is 4.79 Å². The quantitative estimate of drug-likeness (QED) is 0.867. The van der Waals surface area contributed by atoms with Crippen LogP contribution < -0.4 is 5.73 Å². The van der Waals surface area contributed by atoms with Crippen molar-refractivity contribution < 1.29 is 4.79 Å². The summed E-state index contributed by atoms with van der Waals surface area (Å²) in [4.78, 5) is 14.0. The molecule has 1 aromatic rings. The molecule has 0 unspecified atom stereocenters. The first kappa shape index (κ1) is 15.1. The molecular formula is C16H21ClN2O. The largest absolute Gasteiger partial charge is 0.339 e. The van der Waals surface area contributed by atoms with E-state index >= 15 is 0 Å². The number of amides is 1. The van der Waals surface area contributed by atoms with Crippen LogP contribution in [0.25, 0.3) is 6.08 Å². The molecule has 4 heteroatoms. The van der Waals surface area contributed by atoms with Crippen LogP contribution in [0, 0.1) is 5.92 Å². The van der Waals surface area contributed by atoms with Gasteiger partial charge in [-0.3, -0.25) is 4.79 Å². The second-order valence-corrected chi connectivity index (χ2v) is 5.67. The Morgan fingerprint density at radius 1 is 1.30 bits per heavy atom. The van der Waals surface area contributed by atoms with Gasteiger partial charge < -0.3 is 10.6 Å². The van der Waals surface area contributed by atoms with Crippen molar-refractivity contribution in [2.75, 3.05) is 19.6 Å². The number of likely N-dealkylation sites (tertiary alicyclic amines) is 1. The number of rotatable bonds is 4. The van der Waals surface area contributed by atoms with Gasteiger partial charge in [-0.25, -0.2) is 0 Å². The smallest absolute Gasteiger partial charge is 0.246 e. The molecule has 0 aromatic heterocycles. The Bertz CT molecular complexity index is 462. The lowest BCUT2D eigenvalue weighted by atomic mass is 9.93. The molecule has 108 valence electrons. The van der Waals surface area contributed by atoms with E-state index in [2.05, 4.69) is 0 Å². The third kappa shape index (κ3) is 4.36. The van der Waals surface area contributed by atoms with E-state index in [0.29, 0.717) is 10.9 Å². The molecule has 2 N–H and O–H groups in total. The Balaban J connectivity index is 1.85. The molecule has 0 bridgehead atoms. The van der Waals surface area contributed by atoms with E-state index in [1.54, 1.807) is 6.08 Å². The molecule has 20 heavy (non-hydrogen) atoms. The van der Waals surface area contributed by atoms with Crippen LogP contribution in [0.5, 0.6) is 0 Å². The van der Waals surface area contributed by atoms with Crippen molar-refractivity contribution in [2.24, 2.45) is 11.7 Å². The third-order valence-electron chi connectivity index (χ3n) is 3.79. The Kier molecular flexibility index (Phi) is 5.62. The van der Waals surface area contributed by atoms with E-state index in [1.165, 1.54) is 0 Å². The topological polar surface area (TPSA) is 46.3 Å². The molecule has 0 spiro atoms. The van der Waals surface area contributed by atoms with Gasteiger partial charge in [0, 0.05) is 24.2 Å². The van der Waals surface area contributed by atoms with Crippen LogP contribution in [-0.4, -0.2) is 30.4 Å². The molecule has 1 fully saturated rings. The van der Waals surface area contributed by atoms with E-state index in [4.69, 9.17) is 17.3 Å². The van der Waals surface area contributed by atoms with Gasteiger partial charge >= 0.3 is 0 Å². The second kappa shape index (κ2) is 7.46. The second-order valence-electron chi connectivity index (χ2n) is 5.23. The predicted molar refractivity (Wildman–Crippen MR) is 83.5 cm³/mol.